The maximum absolute atomic E-state index is 12.4. The first-order valence-corrected chi connectivity index (χ1v) is 10.4. The summed E-state index contributed by atoms with van der Waals surface area (Å²) in [6, 6.07) is 1.28. The molecular formula is C21H28N2O5. The molecular weight excluding hydrogens is 360 g/mol. The van der Waals surface area contributed by atoms with E-state index in [2.05, 4.69) is 9.97 Å². The predicted molar refractivity (Wildman–Crippen MR) is 105 cm³/mol. The van der Waals surface area contributed by atoms with Gasteiger partial charge in [-0.1, -0.05) is 19.8 Å². The van der Waals surface area contributed by atoms with Crippen molar-refractivity contribution < 1.29 is 14.3 Å². The lowest BCUT2D eigenvalue weighted by Gasteiger charge is -2.38. The van der Waals surface area contributed by atoms with Crippen LogP contribution in [0.4, 0.5) is 0 Å². The molecule has 0 saturated heterocycles. The fraction of sp³-hybridized carbons (Fsp3) is 0.667. The first-order valence-electron chi connectivity index (χ1n) is 10.4. The summed E-state index contributed by atoms with van der Waals surface area (Å²) in [4.78, 5) is 30.8. The third-order valence-corrected chi connectivity index (χ3v) is 6.75. The maximum atomic E-state index is 12.4. The summed E-state index contributed by atoms with van der Waals surface area (Å²) in [5.74, 6) is 0.211. The summed E-state index contributed by atoms with van der Waals surface area (Å²) in [7, 11) is 0. The number of aliphatic hydroxyl groups excluding tert-OH is 1. The fourth-order valence-corrected chi connectivity index (χ4v) is 5.04. The van der Waals surface area contributed by atoms with E-state index in [1.54, 1.807) is 0 Å². The van der Waals surface area contributed by atoms with Gasteiger partial charge in [-0.15, -0.1) is 0 Å². The Morgan fingerprint density at radius 1 is 1.29 bits per heavy atom. The molecule has 1 atom stereocenters. The number of aliphatic hydroxyl groups is 1. The van der Waals surface area contributed by atoms with E-state index in [0.29, 0.717) is 17.4 Å². The Hall–Kier alpha value is -2.15. The van der Waals surface area contributed by atoms with Crippen molar-refractivity contribution in [1.29, 1.82) is 0 Å². The number of aryl methyl sites for hydroxylation is 1. The first-order chi connectivity index (χ1) is 13.5. The summed E-state index contributed by atoms with van der Waals surface area (Å²) in [6.07, 6.45) is 9.67. The van der Waals surface area contributed by atoms with Crippen LogP contribution in [0.3, 0.4) is 0 Å². The molecule has 2 fully saturated rings. The molecule has 2 saturated carbocycles. The number of fused-ring (bicyclic) bond motifs is 1. The van der Waals surface area contributed by atoms with E-state index < -0.39 is 17.3 Å². The largest absolute Gasteiger partial charge is 0.462 e. The Morgan fingerprint density at radius 2 is 2.00 bits per heavy atom. The summed E-state index contributed by atoms with van der Waals surface area (Å²) < 4.78 is 10.6. The molecule has 0 bridgehead atoms. The van der Waals surface area contributed by atoms with Gasteiger partial charge in [0.15, 0.2) is 0 Å². The molecule has 4 rings (SSSR count). The molecule has 2 N–H and O–H groups in total. The van der Waals surface area contributed by atoms with Crippen molar-refractivity contribution in [3.63, 3.8) is 0 Å². The van der Waals surface area contributed by atoms with Crippen LogP contribution in [0, 0.1) is 11.3 Å². The Bertz CT molecular complexity index is 947. The minimum Gasteiger partial charge on any atom is -0.462 e. The minimum atomic E-state index is -0.603. The number of ether oxygens (including phenoxy) is 1. The van der Waals surface area contributed by atoms with Gasteiger partial charge in [0.2, 0.25) is 5.71 Å². The maximum Gasteiger partial charge on any atom is 0.337 e. The average molecular weight is 388 g/mol. The second-order valence-corrected chi connectivity index (χ2v) is 8.42. The number of aromatic amines is 1. The van der Waals surface area contributed by atoms with E-state index in [0.717, 1.165) is 12.8 Å². The molecule has 7 heteroatoms. The quantitative estimate of drug-likeness (QED) is 0.816. The third-order valence-electron chi connectivity index (χ3n) is 6.75. The van der Waals surface area contributed by atoms with Gasteiger partial charge in [-0.3, -0.25) is 9.78 Å². The monoisotopic (exact) mass is 388 g/mol. The van der Waals surface area contributed by atoms with Crippen LogP contribution in [-0.4, -0.2) is 27.8 Å². The van der Waals surface area contributed by atoms with E-state index in [1.807, 2.05) is 6.92 Å². The van der Waals surface area contributed by atoms with Crippen molar-refractivity contribution in [2.75, 3.05) is 6.61 Å². The zero-order chi connectivity index (χ0) is 19.7. The lowest BCUT2D eigenvalue weighted by atomic mass is 9.68. The van der Waals surface area contributed by atoms with E-state index in [-0.39, 0.29) is 29.6 Å². The number of hydrogen-bond acceptors (Lipinski definition) is 6. The molecule has 0 aromatic carbocycles. The van der Waals surface area contributed by atoms with Crippen LogP contribution < -0.4 is 15.9 Å². The van der Waals surface area contributed by atoms with Gasteiger partial charge in [0, 0.05) is 6.07 Å². The van der Waals surface area contributed by atoms with Crippen molar-refractivity contribution in [1.82, 2.24) is 9.97 Å². The summed E-state index contributed by atoms with van der Waals surface area (Å²) in [6.45, 7) is 1.91. The van der Waals surface area contributed by atoms with Gasteiger partial charge in [0.1, 0.15) is 12.0 Å². The molecule has 7 nitrogen and oxygen atoms in total. The van der Waals surface area contributed by atoms with Crippen molar-refractivity contribution in [2.24, 2.45) is 11.3 Å². The second-order valence-electron chi connectivity index (χ2n) is 8.42. The molecule has 2 aliphatic carbocycles. The predicted octanol–water partition coefficient (Wildman–Crippen LogP) is 2.93. The molecule has 152 valence electrons. The standard InChI is InChI=1S/C21H28N2O5/c1-2-13-11-16(25)28-19-17(13)18(26)22-20(23-19)27-12-15(24)14-5-9-21(10-6-14)7-3-4-8-21/h11,14-15,24H,2-10,12H2,1H3,(H,22,23,26)/t15-/m0/s1. The van der Waals surface area contributed by atoms with Crippen LogP contribution in [-0.2, 0) is 6.42 Å². The normalized spacial score (nSPS) is 20.6. The Balaban J connectivity index is 1.42. The van der Waals surface area contributed by atoms with Gasteiger partial charge in [-0.25, -0.2) is 4.79 Å². The molecule has 2 heterocycles. The fourth-order valence-electron chi connectivity index (χ4n) is 5.04. The summed E-state index contributed by atoms with van der Waals surface area (Å²) in [5, 5.41) is 10.8. The topological polar surface area (TPSA) is 105 Å². The lowest BCUT2D eigenvalue weighted by Crippen LogP contribution is -2.34. The molecule has 2 aromatic rings. The average Bonchev–Trinajstić information content (AvgIpc) is 3.13. The summed E-state index contributed by atoms with van der Waals surface area (Å²) in [5.41, 5.74) is 0.136. The minimum absolute atomic E-state index is 0.0292. The number of nitrogens with one attached hydrogen (secondary N) is 1. The van der Waals surface area contributed by atoms with Crippen LogP contribution in [0.1, 0.15) is 63.9 Å². The Kier molecular flexibility index (Phi) is 5.27. The number of aromatic nitrogens is 2. The zero-order valence-corrected chi connectivity index (χ0v) is 16.3. The molecule has 0 unspecified atom stereocenters. The highest BCUT2D eigenvalue weighted by atomic mass is 16.5. The van der Waals surface area contributed by atoms with Crippen LogP contribution in [0.2, 0.25) is 0 Å². The lowest BCUT2D eigenvalue weighted by molar-refractivity contribution is 0.0158. The summed E-state index contributed by atoms with van der Waals surface area (Å²) >= 11 is 0. The van der Waals surface area contributed by atoms with E-state index in [4.69, 9.17) is 9.15 Å². The number of rotatable bonds is 5. The highest BCUT2D eigenvalue weighted by Crippen LogP contribution is 2.50. The van der Waals surface area contributed by atoms with E-state index >= 15 is 0 Å². The van der Waals surface area contributed by atoms with Crippen molar-refractivity contribution >= 4 is 11.1 Å². The molecule has 2 aliphatic rings. The van der Waals surface area contributed by atoms with Gasteiger partial charge < -0.3 is 14.3 Å². The van der Waals surface area contributed by atoms with Crippen molar-refractivity contribution in [3.8, 4) is 6.01 Å². The molecule has 0 amide bonds. The van der Waals surface area contributed by atoms with Crippen molar-refractivity contribution in [3.05, 3.63) is 32.4 Å². The highest BCUT2D eigenvalue weighted by Gasteiger charge is 2.39. The zero-order valence-electron chi connectivity index (χ0n) is 16.3. The number of nitrogens with zero attached hydrogens (tertiary/aromatic N) is 1. The van der Waals surface area contributed by atoms with E-state index in [9.17, 15) is 14.7 Å². The van der Waals surface area contributed by atoms with Crippen molar-refractivity contribution in [2.45, 2.75) is 70.8 Å². The van der Waals surface area contributed by atoms with Crippen LogP contribution in [0.25, 0.3) is 11.1 Å². The molecule has 28 heavy (non-hydrogen) atoms. The van der Waals surface area contributed by atoms with E-state index in [1.165, 1.54) is 44.6 Å². The van der Waals surface area contributed by atoms with Gasteiger partial charge in [-0.05, 0) is 61.8 Å². The smallest absolute Gasteiger partial charge is 0.337 e. The van der Waals surface area contributed by atoms with Gasteiger partial charge in [-0.2, -0.15) is 4.98 Å². The molecule has 0 aliphatic heterocycles. The van der Waals surface area contributed by atoms with Crippen LogP contribution in [0.15, 0.2) is 20.1 Å². The van der Waals surface area contributed by atoms with Gasteiger partial charge in [0.25, 0.3) is 11.6 Å². The first kappa shape index (κ1) is 19.2. The van der Waals surface area contributed by atoms with Crippen LogP contribution in [0.5, 0.6) is 6.01 Å². The SMILES string of the molecule is CCc1cc(=O)oc2nc(OC[C@H](O)C3CCC4(CCCC4)CC3)[nH]c(=O)c12. The molecule has 0 radical (unpaired) electrons. The Labute approximate surface area is 163 Å². The van der Waals surface area contributed by atoms with Gasteiger partial charge in [0.05, 0.1) is 6.10 Å². The number of H-pyrrole nitrogens is 1. The number of hydrogen-bond donors (Lipinski definition) is 2. The third kappa shape index (κ3) is 3.72. The molecule has 1 spiro atoms. The van der Waals surface area contributed by atoms with Crippen LogP contribution >= 0.6 is 0 Å². The van der Waals surface area contributed by atoms with Gasteiger partial charge >= 0.3 is 5.63 Å². The second kappa shape index (κ2) is 7.70. The highest BCUT2D eigenvalue weighted by molar-refractivity contribution is 5.75. The Morgan fingerprint density at radius 3 is 2.68 bits per heavy atom. The molecule has 2 aromatic heterocycles.